The van der Waals surface area contributed by atoms with Crippen LogP contribution in [-0.2, 0) is 0 Å². The number of carbonyl (C=O) groups excluding carboxylic acids is 1. The van der Waals surface area contributed by atoms with E-state index in [0.717, 1.165) is 16.5 Å². The van der Waals surface area contributed by atoms with Gasteiger partial charge in [-0.05, 0) is 40.6 Å². The topological polar surface area (TPSA) is 40.5 Å². The SMILES string of the molecule is CN(C)c1ccc(C(=O)C(O)c2cccc3ccccc23)cc1. The van der Waals surface area contributed by atoms with E-state index in [4.69, 9.17) is 0 Å². The van der Waals surface area contributed by atoms with E-state index >= 15 is 0 Å². The van der Waals surface area contributed by atoms with Crippen molar-refractivity contribution in [3.8, 4) is 0 Å². The Morgan fingerprint density at radius 2 is 1.57 bits per heavy atom. The van der Waals surface area contributed by atoms with E-state index in [2.05, 4.69) is 0 Å². The molecule has 0 amide bonds. The fourth-order valence-electron chi connectivity index (χ4n) is 2.71. The number of hydrogen-bond acceptors (Lipinski definition) is 3. The lowest BCUT2D eigenvalue weighted by Gasteiger charge is -2.15. The Hall–Kier alpha value is -2.65. The predicted octanol–water partition coefficient (Wildman–Crippen LogP) is 3.82. The van der Waals surface area contributed by atoms with Crippen LogP contribution in [0.5, 0.6) is 0 Å². The molecule has 0 saturated carbocycles. The minimum absolute atomic E-state index is 0.286. The van der Waals surface area contributed by atoms with Gasteiger partial charge in [-0.1, -0.05) is 42.5 Å². The molecule has 1 unspecified atom stereocenters. The summed E-state index contributed by atoms with van der Waals surface area (Å²) >= 11 is 0. The van der Waals surface area contributed by atoms with E-state index in [-0.39, 0.29) is 5.78 Å². The minimum atomic E-state index is -1.16. The van der Waals surface area contributed by atoms with Gasteiger partial charge in [0.25, 0.3) is 0 Å². The Kier molecular flexibility index (Phi) is 4.13. The van der Waals surface area contributed by atoms with E-state index in [1.165, 1.54) is 0 Å². The lowest BCUT2D eigenvalue weighted by molar-refractivity contribution is 0.0750. The maximum atomic E-state index is 12.6. The molecular weight excluding hydrogens is 286 g/mol. The molecule has 0 fully saturated rings. The number of carbonyl (C=O) groups is 1. The number of fused-ring (bicyclic) bond motifs is 1. The van der Waals surface area contributed by atoms with E-state index < -0.39 is 6.10 Å². The fraction of sp³-hybridized carbons (Fsp3) is 0.150. The normalized spacial score (nSPS) is 12.1. The zero-order valence-corrected chi connectivity index (χ0v) is 13.2. The van der Waals surface area contributed by atoms with Crippen molar-refractivity contribution >= 4 is 22.2 Å². The Morgan fingerprint density at radius 3 is 2.26 bits per heavy atom. The van der Waals surface area contributed by atoms with Crippen LogP contribution in [0.3, 0.4) is 0 Å². The lowest BCUT2D eigenvalue weighted by atomic mass is 9.95. The smallest absolute Gasteiger partial charge is 0.195 e. The summed E-state index contributed by atoms with van der Waals surface area (Å²) in [4.78, 5) is 14.6. The molecule has 3 aromatic rings. The third kappa shape index (κ3) is 2.96. The van der Waals surface area contributed by atoms with Gasteiger partial charge in [0.2, 0.25) is 0 Å². The molecule has 0 aliphatic carbocycles. The van der Waals surface area contributed by atoms with Crippen molar-refractivity contribution in [3.63, 3.8) is 0 Å². The Bertz CT molecular complexity index is 832. The summed E-state index contributed by atoms with van der Waals surface area (Å²) in [5, 5.41) is 12.5. The summed E-state index contributed by atoms with van der Waals surface area (Å²) in [6.07, 6.45) is -1.16. The molecule has 116 valence electrons. The number of ketones is 1. The number of anilines is 1. The van der Waals surface area contributed by atoms with Gasteiger partial charge in [0, 0.05) is 25.3 Å². The van der Waals surface area contributed by atoms with E-state index in [1.54, 1.807) is 18.2 Å². The molecule has 1 atom stereocenters. The number of benzene rings is 3. The molecule has 0 bridgehead atoms. The van der Waals surface area contributed by atoms with Crippen LogP contribution in [0.15, 0.2) is 66.7 Å². The molecule has 1 N–H and O–H groups in total. The second-order valence-corrected chi connectivity index (χ2v) is 5.78. The summed E-state index contributed by atoms with van der Waals surface area (Å²) in [7, 11) is 3.89. The Morgan fingerprint density at radius 1 is 0.913 bits per heavy atom. The molecule has 0 aliphatic rings. The molecule has 0 aliphatic heterocycles. The highest BCUT2D eigenvalue weighted by Gasteiger charge is 2.21. The van der Waals surface area contributed by atoms with Gasteiger partial charge < -0.3 is 10.0 Å². The summed E-state index contributed by atoms with van der Waals surface area (Å²) < 4.78 is 0. The van der Waals surface area contributed by atoms with E-state index in [1.807, 2.05) is 67.5 Å². The maximum Gasteiger partial charge on any atom is 0.195 e. The molecule has 0 saturated heterocycles. The predicted molar refractivity (Wildman–Crippen MR) is 94.0 cm³/mol. The molecular formula is C20H19NO2. The summed E-state index contributed by atoms with van der Waals surface area (Å²) in [6, 6.07) is 20.7. The third-order valence-electron chi connectivity index (χ3n) is 4.03. The number of aliphatic hydroxyl groups is 1. The van der Waals surface area contributed by atoms with Gasteiger partial charge in [-0.2, -0.15) is 0 Å². The minimum Gasteiger partial charge on any atom is -0.380 e. The fourth-order valence-corrected chi connectivity index (χ4v) is 2.71. The first kappa shape index (κ1) is 15.3. The van der Waals surface area contributed by atoms with Crippen molar-refractivity contribution in [1.82, 2.24) is 0 Å². The van der Waals surface area contributed by atoms with Gasteiger partial charge in [0.1, 0.15) is 6.10 Å². The summed E-state index contributed by atoms with van der Waals surface area (Å²) in [5.74, 6) is -0.286. The maximum absolute atomic E-state index is 12.6. The van der Waals surface area contributed by atoms with Crippen LogP contribution in [0.2, 0.25) is 0 Å². The summed E-state index contributed by atoms with van der Waals surface area (Å²) in [6.45, 7) is 0. The van der Waals surface area contributed by atoms with Gasteiger partial charge in [-0.3, -0.25) is 4.79 Å². The molecule has 0 heterocycles. The summed E-state index contributed by atoms with van der Waals surface area (Å²) in [5.41, 5.74) is 2.17. The second-order valence-electron chi connectivity index (χ2n) is 5.78. The monoisotopic (exact) mass is 305 g/mol. The molecule has 3 aromatic carbocycles. The zero-order chi connectivity index (χ0) is 16.4. The molecule has 3 nitrogen and oxygen atoms in total. The average Bonchev–Trinajstić information content (AvgIpc) is 2.60. The van der Waals surface area contributed by atoms with E-state index in [0.29, 0.717) is 11.1 Å². The van der Waals surface area contributed by atoms with Crippen LogP contribution >= 0.6 is 0 Å². The quantitative estimate of drug-likeness (QED) is 0.745. The highest BCUT2D eigenvalue weighted by molar-refractivity contribution is 6.02. The van der Waals surface area contributed by atoms with Gasteiger partial charge >= 0.3 is 0 Å². The van der Waals surface area contributed by atoms with Gasteiger partial charge in [0.05, 0.1) is 0 Å². The number of rotatable bonds is 4. The number of aliphatic hydroxyl groups excluding tert-OH is 1. The largest absolute Gasteiger partial charge is 0.380 e. The van der Waals surface area contributed by atoms with Crippen LogP contribution in [0, 0.1) is 0 Å². The second kappa shape index (κ2) is 6.23. The average molecular weight is 305 g/mol. The molecule has 3 heteroatoms. The van der Waals surface area contributed by atoms with Crippen LogP contribution in [0.1, 0.15) is 22.0 Å². The number of hydrogen-bond donors (Lipinski definition) is 1. The highest BCUT2D eigenvalue weighted by atomic mass is 16.3. The molecule has 0 aromatic heterocycles. The zero-order valence-electron chi connectivity index (χ0n) is 13.2. The van der Waals surface area contributed by atoms with Crippen molar-refractivity contribution in [1.29, 1.82) is 0 Å². The Labute approximate surface area is 135 Å². The highest BCUT2D eigenvalue weighted by Crippen LogP contribution is 2.27. The standard InChI is InChI=1S/C20H19NO2/c1-21(2)16-12-10-15(11-13-16)19(22)20(23)18-9-5-7-14-6-3-4-8-17(14)18/h3-13,20,23H,1-2H3. The first-order valence-corrected chi connectivity index (χ1v) is 7.55. The van der Waals surface area contributed by atoms with Gasteiger partial charge in [-0.25, -0.2) is 0 Å². The molecule has 3 rings (SSSR count). The molecule has 23 heavy (non-hydrogen) atoms. The first-order valence-electron chi connectivity index (χ1n) is 7.55. The van der Waals surface area contributed by atoms with Crippen molar-refractivity contribution in [2.24, 2.45) is 0 Å². The first-order chi connectivity index (χ1) is 11.1. The van der Waals surface area contributed by atoms with Crippen LogP contribution in [-0.4, -0.2) is 25.0 Å². The Balaban J connectivity index is 1.95. The van der Waals surface area contributed by atoms with Crippen LogP contribution < -0.4 is 4.90 Å². The van der Waals surface area contributed by atoms with Crippen LogP contribution in [0.4, 0.5) is 5.69 Å². The molecule has 0 spiro atoms. The van der Waals surface area contributed by atoms with Crippen molar-refractivity contribution in [3.05, 3.63) is 77.9 Å². The van der Waals surface area contributed by atoms with E-state index in [9.17, 15) is 9.90 Å². The van der Waals surface area contributed by atoms with Crippen molar-refractivity contribution in [2.45, 2.75) is 6.10 Å². The lowest BCUT2D eigenvalue weighted by Crippen LogP contribution is -2.13. The molecule has 0 radical (unpaired) electrons. The van der Waals surface area contributed by atoms with Gasteiger partial charge in [-0.15, -0.1) is 0 Å². The number of Topliss-reactive ketones (excluding diaryl/α,β-unsaturated/α-hetero) is 1. The third-order valence-corrected chi connectivity index (χ3v) is 4.03. The van der Waals surface area contributed by atoms with Crippen LogP contribution in [0.25, 0.3) is 10.8 Å². The van der Waals surface area contributed by atoms with Crippen molar-refractivity contribution in [2.75, 3.05) is 19.0 Å². The van der Waals surface area contributed by atoms with Gasteiger partial charge in [0.15, 0.2) is 5.78 Å². The number of nitrogens with zero attached hydrogens (tertiary/aromatic N) is 1. The van der Waals surface area contributed by atoms with Crippen molar-refractivity contribution < 1.29 is 9.90 Å².